The van der Waals surface area contributed by atoms with E-state index in [0.29, 0.717) is 32.8 Å². The summed E-state index contributed by atoms with van der Waals surface area (Å²) in [7, 11) is -3.39. The predicted octanol–water partition coefficient (Wildman–Crippen LogP) is 7.62. The van der Waals surface area contributed by atoms with Crippen LogP contribution in [0.5, 0.6) is 23.0 Å². The van der Waals surface area contributed by atoms with E-state index in [2.05, 4.69) is 28.1 Å². The van der Waals surface area contributed by atoms with Crippen LogP contribution in [-0.2, 0) is 4.57 Å². The average Bonchev–Trinajstić information content (AvgIpc) is 3.16. The zero-order valence-corrected chi connectivity index (χ0v) is 24.4. The van der Waals surface area contributed by atoms with Crippen LogP contribution in [0.2, 0.25) is 0 Å². The zero-order valence-electron chi connectivity index (χ0n) is 21.9. The molecule has 0 saturated heterocycles. The Morgan fingerprint density at radius 3 is 1.73 bits per heavy atom. The largest absolute Gasteiger partial charge is 0.453 e. The highest BCUT2D eigenvalue weighted by Crippen LogP contribution is 2.55. The van der Waals surface area contributed by atoms with Crippen molar-refractivity contribution in [2.45, 2.75) is 47.3 Å². The first-order chi connectivity index (χ1) is 17.5. The van der Waals surface area contributed by atoms with Gasteiger partial charge >= 0.3 is 0 Å². The normalized spacial score (nSPS) is 14.0. The summed E-state index contributed by atoms with van der Waals surface area (Å²) < 4.78 is 35.0. The SMILES string of the molecule is Cc1cc(C)cc(P(=O)(c2cc(C)cc(C)c2)c2cc(Oc3ccccc3)c3c(c2Br)OC(C)(C)O3)c1. The Kier molecular flexibility index (Phi) is 6.50. The van der Waals surface area contributed by atoms with Crippen LogP contribution in [0.3, 0.4) is 0 Å². The van der Waals surface area contributed by atoms with Gasteiger partial charge in [-0.25, -0.2) is 0 Å². The summed E-state index contributed by atoms with van der Waals surface area (Å²) >= 11 is 3.78. The van der Waals surface area contributed by atoms with E-state index in [-0.39, 0.29) is 0 Å². The Labute approximate surface area is 227 Å². The molecule has 0 atom stereocenters. The molecule has 190 valence electrons. The van der Waals surface area contributed by atoms with E-state index >= 15 is 4.57 Å². The van der Waals surface area contributed by atoms with Gasteiger partial charge in [-0.2, -0.15) is 0 Å². The van der Waals surface area contributed by atoms with Crippen molar-refractivity contribution in [3.8, 4) is 23.0 Å². The summed E-state index contributed by atoms with van der Waals surface area (Å²) in [4.78, 5) is 0. The minimum atomic E-state index is -3.39. The standard InChI is InChI=1S/C31H30BrO4P/c1-19-12-20(2)15-24(14-19)37(33,25-16-21(3)13-22(4)17-25)27-18-26(34-23-10-8-7-9-11-23)29-30(28(27)32)36-31(5,6)35-29/h7-18H,1-6H3. The van der Waals surface area contributed by atoms with Crippen LogP contribution >= 0.6 is 23.1 Å². The fourth-order valence-electron chi connectivity index (χ4n) is 4.89. The molecule has 0 amide bonds. The fraction of sp³-hybridized carbons (Fsp3) is 0.226. The minimum absolute atomic E-state index is 0.457. The number of para-hydroxylation sites is 1. The molecule has 0 saturated carbocycles. The number of ether oxygens (including phenoxy) is 3. The van der Waals surface area contributed by atoms with Gasteiger partial charge in [-0.3, -0.25) is 0 Å². The lowest BCUT2D eigenvalue weighted by Gasteiger charge is -2.24. The van der Waals surface area contributed by atoms with Crippen molar-refractivity contribution in [3.05, 3.63) is 99.5 Å². The van der Waals surface area contributed by atoms with Gasteiger partial charge in [-0.1, -0.05) is 52.6 Å². The van der Waals surface area contributed by atoms with Gasteiger partial charge in [-0.05, 0) is 86.1 Å². The Morgan fingerprint density at radius 1 is 0.730 bits per heavy atom. The van der Waals surface area contributed by atoms with Crippen molar-refractivity contribution in [3.63, 3.8) is 0 Å². The van der Waals surface area contributed by atoms with Crippen LogP contribution in [0.4, 0.5) is 0 Å². The number of hydrogen-bond acceptors (Lipinski definition) is 4. The van der Waals surface area contributed by atoms with Gasteiger partial charge in [0.2, 0.25) is 11.5 Å². The quantitative estimate of drug-likeness (QED) is 0.229. The van der Waals surface area contributed by atoms with Gasteiger partial charge in [0, 0.05) is 29.8 Å². The van der Waals surface area contributed by atoms with E-state index in [1.54, 1.807) is 0 Å². The van der Waals surface area contributed by atoms with Gasteiger partial charge in [-0.15, -0.1) is 0 Å². The summed E-state index contributed by atoms with van der Waals surface area (Å²) in [5.41, 5.74) is 4.22. The summed E-state index contributed by atoms with van der Waals surface area (Å²) in [5.74, 6) is 1.18. The van der Waals surface area contributed by atoms with Crippen LogP contribution in [0.1, 0.15) is 36.1 Å². The molecular formula is C31H30BrO4P. The summed E-state index contributed by atoms with van der Waals surface area (Å²) in [6.45, 7) is 11.8. The van der Waals surface area contributed by atoms with Gasteiger partial charge in [0.25, 0.3) is 0 Å². The highest BCUT2D eigenvalue weighted by molar-refractivity contribution is 9.10. The number of hydrogen-bond donors (Lipinski definition) is 0. The van der Waals surface area contributed by atoms with Crippen molar-refractivity contribution in [2.75, 3.05) is 0 Å². The van der Waals surface area contributed by atoms with Gasteiger partial charge in [0.15, 0.2) is 18.6 Å². The van der Waals surface area contributed by atoms with Crippen molar-refractivity contribution >= 4 is 39.0 Å². The van der Waals surface area contributed by atoms with Crippen molar-refractivity contribution in [1.82, 2.24) is 0 Å². The van der Waals surface area contributed by atoms with Crippen LogP contribution in [0.25, 0.3) is 0 Å². The second-order valence-corrected chi connectivity index (χ2v) is 13.7. The molecular weight excluding hydrogens is 547 g/mol. The molecule has 0 aliphatic carbocycles. The molecule has 5 rings (SSSR count). The molecule has 4 aromatic rings. The molecule has 0 fully saturated rings. The molecule has 0 radical (unpaired) electrons. The first-order valence-electron chi connectivity index (χ1n) is 12.2. The van der Waals surface area contributed by atoms with Crippen molar-refractivity contribution in [2.24, 2.45) is 0 Å². The second-order valence-electron chi connectivity index (χ2n) is 10.2. The molecule has 0 unspecified atom stereocenters. The molecule has 1 aliphatic heterocycles. The highest BCUT2D eigenvalue weighted by Gasteiger charge is 2.42. The lowest BCUT2D eigenvalue weighted by atomic mass is 10.2. The second kappa shape index (κ2) is 9.38. The number of halogens is 1. The fourth-order valence-corrected chi connectivity index (χ4v) is 9.09. The molecule has 0 bridgehead atoms. The Morgan fingerprint density at radius 2 is 1.22 bits per heavy atom. The summed E-state index contributed by atoms with van der Waals surface area (Å²) in [6.07, 6.45) is 0. The van der Waals surface area contributed by atoms with E-state index in [1.165, 1.54) is 0 Å². The van der Waals surface area contributed by atoms with Crippen molar-refractivity contribution < 1.29 is 18.8 Å². The van der Waals surface area contributed by atoms with Gasteiger partial charge < -0.3 is 18.8 Å². The van der Waals surface area contributed by atoms with Gasteiger partial charge in [0.1, 0.15) is 5.75 Å². The monoisotopic (exact) mass is 576 g/mol. The maximum atomic E-state index is 15.6. The molecule has 4 aromatic carbocycles. The predicted molar refractivity (Wildman–Crippen MR) is 154 cm³/mol. The first kappa shape index (κ1) is 25.6. The minimum Gasteiger partial charge on any atom is -0.453 e. The number of rotatable bonds is 5. The Bertz CT molecular complexity index is 1460. The Hall–Kier alpha value is -3.01. The van der Waals surface area contributed by atoms with Crippen LogP contribution in [0.15, 0.2) is 77.3 Å². The summed E-state index contributed by atoms with van der Waals surface area (Å²) in [6, 6.07) is 23.6. The average molecular weight is 577 g/mol. The maximum absolute atomic E-state index is 15.6. The highest BCUT2D eigenvalue weighted by atomic mass is 79.9. The third kappa shape index (κ3) is 4.83. The van der Waals surface area contributed by atoms with E-state index in [1.807, 2.05) is 102 Å². The van der Waals surface area contributed by atoms with E-state index in [9.17, 15) is 0 Å². The smallest absolute Gasteiger partial charge is 0.246 e. The zero-order chi connectivity index (χ0) is 26.5. The van der Waals surface area contributed by atoms with E-state index in [0.717, 1.165) is 32.9 Å². The molecule has 1 aliphatic rings. The van der Waals surface area contributed by atoms with Crippen LogP contribution < -0.4 is 30.1 Å². The van der Waals surface area contributed by atoms with Crippen LogP contribution in [-0.4, -0.2) is 5.79 Å². The van der Waals surface area contributed by atoms with E-state index in [4.69, 9.17) is 14.2 Å². The van der Waals surface area contributed by atoms with E-state index < -0.39 is 12.9 Å². The Balaban J connectivity index is 1.84. The number of fused-ring (bicyclic) bond motifs is 1. The molecule has 1 heterocycles. The third-order valence-electron chi connectivity index (χ3n) is 6.27. The number of aryl methyl sites for hydroxylation is 4. The molecule has 6 heteroatoms. The molecule has 0 N–H and O–H groups in total. The lowest BCUT2D eigenvalue weighted by Crippen LogP contribution is -2.30. The van der Waals surface area contributed by atoms with Gasteiger partial charge in [0.05, 0.1) is 4.47 Å². The summed E-state index contributed by atoms with van der Waals surface area (Å²) in [5, 5.41) is 2.13. The lowest BCUT2D eigenvalue weighted by molar-refractivity contribution is -0.0440. The van der Waals surface area contributed by atoms with Crippen LogP contribution in [0, 0.1) is 27.7 Å². The third-order valence-corrected chi connectivity index (χ3v) is 10.4. The first-order valence-corrected chi connectivity index (χ1v) is 14.7. The topological polar surface area (TPSA) is 44.8 Å². The maximum Gasteiger partial charge on any atom is 0.246 e. The molecule has 37 heavy (non-hydrogen) atoms. The number of benzene rings is 4. The van der Waals surface area contributed by atoms with Crippen molar-refractivity contribution in [1.29, 1.82) is 0 Å². The molecule has 4 nitrogen and oxygen atoms in total. The molecule has 0 aromatic heterocycles. The molecule has 0 spiro atoms.